The van der Waals surface area contributed by atoms with Crippen LogP contribution in [0.3, 0.4) is 0 Å². The molecule has 1 saturated carbocycles. The van der Waals surface area contributed by atoms with Gasteiger partial charge < -0.3 is 5.32 Å². The minimum Gasteiger partial charge on any atom is -0.308 e. The van der Waals surface area contributed by atoms with E-state index < -0.39 is 0 Å². The Morgan fingerprint density at radius 2 is 1.95 bits per heavy atom. The minimum absolute atomic E-state index is 0.0588. The fourth-order valence-electron chi connectivity index (χ4n) is 3.12. The van der Waals surface area contributed by atoms with E-state index in [4.69, 9.17) is 0 Å². The third kappa shape index (κ3) is 3.07. The van der Waals surface area contributed by atoms with Gasteiger partial charge in [-0.2, -0.15) is 0 Å². The van der Waals surface area contributed by atoms with Gasteiger partial charge in [-0.05, 0) is 43.9 Å². The number of carbonyl (C=O) groups excluding carboxylic acids is 1. The van der Waals surface area contributed by atoms with Gasteiger partial charge in [0.25, 0.3) is 5.91 Å². The van der Waals surface area contributed by atoms with E-state index in [-0.39, 0.29) is 5.91 Å². The van der Waals surface area contributed by atoms with Gasteiger partial charge in [0.05, 0.1) is 0 Å². The summed E-state index contributed by atoms with van der Waals surface area (Å²) in [6.07, 6.45) is 8.01. The van der Waals surface area contributed by atoms with Crippen molar-refractivity contribution in [2.24, 2.45) is 10.9 Å². The van der Waals surface area contributed by atoms with Crippen molar-refractivity contribution in [3.05, 3.63) is 40.6 Å². The second-order valence-corrected chi connectivity index (χ2v) is 6.18. The Kier molecular flexibility index (Phi) is 3.91. The van der Waals surface area contributed by atoms with Gasteiger partial charge in [-0.3, -0.25) is 4.79 Å². The van der Waals surface area contributed by atoms with Crippen LogP contribution in [0.25, 0.3) is 6.08 Å². The number of benzene rings is 1. The molecule has 0 atom stereocenters. The topological polar surface area (TPSA) is 41.5 Å². The van der Waals surface area contributed by atoms with Crippen molar-refractivity contribution in [3.8, 4) is 0 Å². The molecule has 3 heteroatoms. The number of nitrogens with zero attached hydrogens (tertiary/aromatic N) is 1. The van der Waals surface area contributed by atoms with Gasteiger partial charge in [-0.25, -0.2) is 4.99 Å². The van der Waals surface area contributed by atoms with Gasteiger partial charge in [0.15, 0.2) is 0 Å². The Morgan fingerprint density at radius 3 is 2.71 bits per heavy atom. The standard InChI is InChI=1S/C18H22N2O/c1-12-8-9-13(2)15(10-12)11-16-18(21)20-17(19-16)14-6-4-3-5-7-14/h8-11,14H,3-7H2,1-2H3,(H,19,20,21)/b16-11+. The van der Waals surface area contributed by atoms with Crippen LogP contribution in [-0.2, 0) is 4.79 Å². The molecule has 1 amide bonds. The van der Waals surface area contributed by atoms with Crippen molar-refractivity contribution >= 4 is 17.8 Å². The highest BCUT2D eigenvalue weighted by molar-refractivity contribution is 6.15. The van der Waals surface area contributed by atoms with E-state index in [9.17, 15) is 4.79 Å². The average molecular weight is 282 g/mol. The van der Waals surface area contributed by atoms with E-state index in [1.54, 1.807) is 0 Å². The third-order valence-electron chi connectivity index (χ3n) is 4.43. The smallest absolute Gasteiger partial charge is 0.275 e. The molecule has 110 valence electrons. The lowest BCUT2D eigenvalue weighted by molar-refractivity contribution is -0.115. The fourth-order valence-corrected chi connectivity index (χ4v) is 3.12. The summed E-state index contributed by atoms with van der Waals surface area (Å²) in [4.78, 5) is 16.7. The first-order valence-electron chi connectivity index (χ1n) is 7.82. The lowest BCUT2D eigenvalue weighted by atomic mass is 9.88. The molecule has 1 heterocycles. The maximum atomic E-state index is 12.1. The predicted octanol–water partition coefficient (Wildman–Crippen LogP) is 3.75. The minimum atomic E-state index is -0.0588. The highest BCUT2D eigenvalue weighted by Crippen LogP contribution is 2.27. The molecular formula is C18H22N2O. The molecular weight excluding hydrogens is 260 g/mol. The summed E-state index contributed by atoms with van der Waals surface area (Å²) >= 11 is 0. The number of aliphatic imine (C=N–C) groups is 1. The zero-order chi connectivity index (χ0) is 14.8. The highest BCUT2D eigenvalue weighted by Gasteiger charge is 2.27. The van der Waals surface area contributed by atoms with Gasteiger partial charge in [0.2, 0.25) is 0 Å². The second kappa shape index (κ2) is 5.84. The molecule has 1 aliphatic heterocycles. The number of aryl methyl sites for hydroxylation is 2. The summed E-state index contributed by atoms with van der Waals surface area (Å²) in [5.41, 5.74) is 3.99. The van der Waals surface area contributed by atoms with Crippen molar-refractivity contribution < 1.29 is 4.79 Å². The zero-order valence-electron chi connectivity index (χ0n) is 12.8. The Hall–Kier alpha value is -1.90. The van der Waals surface area contributed by atoms with Gasteiger partial charge in [-0.1, -0.05) is 43.0 Å². The summed E-state index contributed by atoms with van der Waals surface area (Å²) in [7, 11) is 0. The van der Waals surface area contributed by atoms with E-state index in [0.29, 0.717) is 11.6 Å². The maximum Gasteiger partial charge on any atom is 0.275 e. The molecule has 0 bridgehead atoms. The number of amides is 1. The predicted molar refractivity (Wildman–Crippen MR) is 86.0 cm³/mol. The summed E-state index contributed by atoms with van der Waals surface area (Å²) in [6, 6.07) is 6.27. The molecule has 3 rings (SSSR count). The molecule has 0 radical (unpaired) electrons. The van der Waals surface area contributed by atoms with Gasteiger partial charge in [0, 0.05) is 5.92 Å². The first-order chi connectivity index (χ1) is 10.1. The molecule has 2 aliphatic rings. The van der Waals surface area contributed by atoms with E-state index in [1.165, 1.54) is 30.4 Å². The lowest BCUT2D eigenvalue weighted by Crippen LogP contribution is -2.31. The molecule has 0 aromatic heterocycles. The highest BCUT2D eigenvalue weighted by atomic mass is 16.2. The Balaban J connectivity index is 1.87. The van der Waals surface area contributed by atoms with E-state index in [2.05, 4.69) is 42.4 Å². The van der Waals surface area contributed by atoms with Crippen molar-refractivity contribution in [2.75, 3.05) is 0 Å². The Bertz CT molecular complexity index is 622. The van der Waals surface area contributed by atoms with Crippen LogP contribution in [0.1, 0.15) is 48.8 Å². The van der Waals surface area contributed by atoms with Crippen LogP contribution in [0.15, 0.2) is 28.9 Å². The largest absolute Gasteiger partial charge is 0.308 e. The number of carbonyl (C=O) groups is 1. The lowest BCUT2D eigenvalue weighted by Gasteiger charge is -2.20. The summed E-state index contributed by atoms with van der Waals surface area (Å²) in [5.74, 6) is 1.26. The van der Waals surface area contributed by atoms with E-state index in [1.807, 2.05) is 6.08 Å². The molecule has 1 fully saturated rings. The summed E-state index contributed by atoms with van der Waals surface area (Å²) in [5, 5.41) is 2.97. The van der Waals surface area contributed by atoms with Crippen LogP contribution in [0, 0.1) is 19.8 Å². The quantitative estimate of drug-likeness (QED) is 0.825. The molecule has 0 spiro atoms. The molecule has 1 aliphatic carbocycles. The van der Waals surface area contributed by atoms with Crippen LogP contribution < -0.4 is 5.32 Å². The molecule has 21 heavy (non-hydrogen) atoms. The number of rotatable bonds is 2. The van der Waals surface area contributed by atoms with Gasteiger partial charge in [0.1, 0.15) is 11.5 Å². The SMILES string of the molecule is Cc1ccc(C)c(/C=C2/N=C(C3CCCCC3)NC2=O)c1. The first kappa shape index (κ1) is 14.1. The number of hydrogen-bond donors (Lipinski definition) is 1. The van der Waals surface area contributed by atoms with E-state index >= 15 is 0 Å². The maximum absolute atomic E-state index is 12.1. The van der Waals surface area contributed by atoms with E-state index in [0.717, 1.165) is 24.2 Å². The van der Waals surface area contributed by atoms with Crippen LogP contribution in [0.5, 0.6) is 0 Å². The Morgan fingerprint density at radius 1 is 1.19 bits per heavy atom. The molecule has 3 nitrogen and oxygen atoms in total. The van der Waals surface area contributed by atoms with Crippen molar-refractivity contribution in [1.82, 2.24) is 5.32 Å². The summed E-state index contributed by atoms with van der Waals surface area (Å²) in [6.45, 7) is 4.12. The third-order valence-corrected chi connectivity index (χ3v) is 4.43. The van der Waals surface area contributed by atoms with Crippen molar-refractivity contribution in [2.45, 2.75) is 46.0 Å². The molecule has 1 aromatic rings. The van der Waals surface area contributed by atoms with Gasteiger partial charge in [-0.15, -0.1) is 0 Å². The fraction of sp³-hybridized carbons (Fsp3) is 0.444. The first-order valence-corrected chi connectivity index (χ1v) is 7.82. The van der Waals surface area contributed by atoms with Gasteiger partial charge >= 0.3 is 0 Å². The van der Waals surface area contributed by atoms with Crippen LogP contribution in [0.2, 0.25) is 0 Å². The molecule has 1 aromatic carbocycles. The number of amidine groups is 1. The van der Waals surface area contributed by atoms with Crippen molar-refractivity contribution in [3.63, 3.8) is 0 Å². The number of nitrogens with one attached hydrogen (secondary N) is 1. The molecule has 0 unspecified atom stereocenters. The molecule has 0 saturated heterocycles. The Labute approximate surface area is 126 Å². The zero-order valence-corrected chi connectivity index (χ0v) is 12.8. The second-order valence-electron chi connectivity index (χ2n) is 6.18. The average Bonchev–Trinajstić information content (AvgIpc) is 2.85. The monoisotopic (exact) mass is 282 g/mol. The van der Waals surface area contributed by atoms with Crippen LogP contribution in [-0.4, -0.2) is 11.7 Å². The normalized spacial score (nSPS) is 21.5. The number of hydrogen-bond acceptors (Lipinski definition) is 2. The van der Waals surface area contributed by atoms with Crippen LogP contribution >= 0.6 is 0 Å². The molecule has 1 N–H and O–H groups in total. The van der Waals surface area contributed by atoms with Crippen molar-refractivity contribution in [1.29, 1.82) is 0 Å². The summed E-state index contributed by atoms with van der Waals surface area (Å²) < 4.78 is 0. The van der Waals surface area contributed by atoms with Crippen LogP contribution in [0.4, 0.5) is 0 Å².